The number of hydrogen-bond acceptors (Lipinski definition) is 4. The summed E-state index contributed by atoms with van der Waals surface area (Å²) in [5, 5.41) is 8.50. The van der Waals surface area contributed by atoms with Crippen LogP contribution in [0.5, 0.6) is 0 Å². The molecule has 5 nitrogen and oxygen atoms in total. The van der Waals surface area contributed by atoms with Gasteiger partial charge in [-0.25, -0.2) is 8.42 Å². The average Bonchev–Trinajstić information content (AvgIpc) is 2.16. The number of carboxylic acid groups (broad SMARTS) is 1. The Morgan fingerprint density at radius 1 is 1.25 bits per heavy atom. The average molecular weight is 251 g/mol. The number of aliphatic carboxylic acids is 1. The lowest BCUT2D eigenvalue weighted by Crippen LogP contribution is -2.37. The number of carboxylic acids is 1. The van der Waals surface area contributed by atoms with Gasteiger partial charge in [0.2, 0.25) is 0 Å². The van der Waals surface area contributed by atoms with E-state index in [1.54, 1.807) is 0 Å². The number of carbonyl (C=O) groups is 1. The molecule has 96 valence electrons. The van der Waals surface area contributed by atoms with E-state index in [1.165, 1.54) is 0 Å². The van der Waals surface area contributed by atoms with Crippen LogP contribution >= 0.6 is 0 Å². The van der Waals surface area contributed by atoms with Gasteiger partial charge in [0.05, 0.1) is 11.5 Å². The van der Waals surface area contributed by atoms with Crippen LogP contribution in [-0.4, -0.2) is 37.0 Å². The van der Waals surface area contributed by atoms with Gasteiger partial charge >= 0.3 is 5.97 Å². The van der Waals surface area contributed by atoms with Gasteiger partial charge in [0.1, 0.15) is 6.04 Å². The van der Waals surface area contributed by atoms with Gasteiger partial charge in [-0.15, -0.1) is 0 Å². The van der Waals surface area contributed by atoms with Crippen molar-refractivity contribution in [3.63, 3.8) is 0 Å². The lowest BCUT2D eigenvalue weighted by Gasteiger charge is -2.07. The molecule has 16 heavy (non-hydrogen) atoms. The van der Waals surface area contributed by atoms with Crippen molar-refractivity contribution in [1.29, 1.82) is 0 Å². The molecule has 0 rings (SSSR count). The number of unbranched alkanes of at least 4 members (excludes halogenated alkanes) is 4. The van der Waals surface area contributed by atoms with Crippen LogP contribution in [0.2, 0.25) is 0 Å². The highest BCUT2D eigenvalue weighted by atomic mass is 32.2. The molecule has 0 fully saturated rings. The zero-order valence-electron chi connectivity index (χ0n) is 9.68. The second-order valence-corrected chi connectivity index (χ2v) is 6.20. The van der Waals surface area contributed by atoms with Crippen LogP contribution in [0, 0.1) is 0 Å². The number of nitrogens with two attached hydrogens (primary N) is 1. The molecule has 0 heterocycles. The smallest absolute Gasteiger partial charge is 0.321 e. The Bertz CT molecular complexity index is 300. The van der Waals surface area contributed by atoms with E-state index in [9.17, 15) is 13.2 Å². The molecule has 0 aromatic heterocycles. The minimum Gasteiger partial charge on any atom is -0.480 e. The Balaban J connectivity index is 3.83. The molecule has 0 spiro atoms. The van der Waals surface area contributed by atoms with E-state index in [0.717, 1.165) is 25.7 Å². The molecule has 0 amide bonds. The molecule has 0 aliphatic carbocycles. The predicted octanol–water partition coefficient (Wildman–Crippen LogP) is 0.783. The van der Waals surface area contributed by atoms with Crippen LogP contribution < -0.4 is 5.73 Å². The monoisotopic (exact) mass is 251 g/mol. The third-order valence-corrected chi connectivity index (χ3v) is 4.09. The Labute approximate surface area is 96.9 Å². The first-order valence-corrected chi connectivity index (χ1v) is 7.40. The van der Waals surface area contributed by atoms with Crippen LogP contribution in [0.3, 0.4) is 0 Å². The highest BCUT2D eigenvalue weighted by Gasteiger charge is 2.20. The standard InChI is InChI=1S/C10H21NO4S/c1-2-3-4-5-6-7-16(14,15)8-9(11)10(12)13/h9H,2-8,11H2,1H3,(H,12,13)/t9-/m0/s1. The van der Waals surface area contributed by atoms with Gasteiger partial charge in [0.15, 0.2) is 9.84 Å². The van der Waals surface area contributed by atoms with Gasteiger partial charge in [-0.2, -0.15) is 0 Å². The normalized spacial score (nSPS) is 13.6. The maximum atomic E-state index is 11.4. The molecule has 0 aliphatic rings. The van der Waals surface area contributed by atoms with E-state index in [1.807, 2.05) is 0 Å². The van der Waals surface area contributed by atoms with E-state index in [-0.39, 0.29) is 5.75 Å². The Hall–Kier alpha value is -0.620. The van der Waals surface area contributed by atoms with Gasteiger partial charge < -0.3 is 10.8 Å². The predicted molar refractivity (Wildman–Crippen MR) is 63.0 cm³/mol. The molecule has 0 aliphatic heterocycles. The zero-order chi connectivity index (χ0) is 12.6. The fraction of sp³-hybridized carbons (Fsp3) is 0.900. The summed E-state index contributed by atoms with van der Waals surface area (Å²) in [5.41, 5.74) is 5.18. The first-order chi connectivity index (χ1) is 7.39. The number of rotatable bonds is 9. The van der Waals surface area contributed by atoms with Gasteiger partial charge in [0.25, 0.3) is 0 Å². The molecule has 0 saturated heterocycles. The van der Waals surface area contributed by atoms with E-state index in [2.05, 4.69) is 6.92 Å². The second kappa shape index (κ2) is 7.62. The maximum Gasteiger partial charge on any atom is 0.321 e. The van der Waals surface area contributed by atoms with Crippen molar-refractivity contribution in [2.75, 3.05) is 11.5 Å². The fourth-order valence-corrected chi connectivity index (χ4v) is 2.85. The van der Waals surface area contributed by atoms with Crippen LogP contribution in [-0.2, 0) is 14.6 Å². The lowest BCUT2D eigenvalue weighted by molar-refractivity contribution is -0.137. The topological polar surface area (TPSA) is 97.5 Å². The molecule has 3 N–H and O–H groups in total. The van der Waals surface area contributed by atoms with Crippen LogP contribution in [0.25, 0.3) is 0 Å². The largest absolute Gasteiger partial charge is 0.480 e. The third-order valence-electron chi connectivity index (χ3n) is 2.31. The van der Waals surface area contributed by atoms with Crippen molar-refractivity contribution in [2.24, 2.45) is 5.73 Å². The Morgan fingerprint density at radius 2 is 1.81 bits per heavy atom. The number of sulfone groups is 1. The molecule has 0 bridgehead atoms. The van der Waals surface area contributed by atoms with Crippen LogP contribution in [0.15, 0.2) is 0 Å². The summed E-state index contributed by atoms with van der Waals surface area (Å²) in [6, 6.07) is -1.30. The minimum absolute atomic E-state index is 0.0394. The summed E-state index contributed by atoms with van der Waals surface area (Å²) < 4.78 is 22.9. The number of hydrogen-bond donors (Lipinski definition) is 2. The van der Waals surface area contributed by atoms with E-state index >= 15 is 0 Å². The SMILES string of the molecule is CCCCCCCS(=O)(=O)C[C@H](N)C(=O)O. The van der Waals surface area contributed by atoms with Crippen molar-refractivity contribution < 1.29 is 18.3 Å². The van der Waals surface area contributed by atoms with Crippen molar-refractivity contribution in [3.05, 3.63) is 0 Å². The Morgan fingerprint density at radius 3 is 2.31 bits per heavy atom. The van der Waals surface area contributed by atoms with E-state index in [0.29, 0.717) is 6.42 Å². The molecule has 0 radical (unpaired) electrons. The van der Waals surface area contributed by atoms with Gasteiger partial charge in [-0.1, -0.05) is 32.6 Å². The van der Waals surface area contributed by atoms with Gasteiger partial charge in [0, 0.05) is 0 Å². The summed E-state index contributed by atoms with van der Waals surface area (Å²) in [6.07, 6.45) is 4.70. The van der Waals surface area contributed by atoms with Gasteiger partial charge in [-0.3, -0.25) is 4.79 Å². The lowest BCUT2D eigenvalue weighted by atomic mass is 10.2. The van der Waals surface area contributed by atoms with Crippen molar-refractivity contribution in [2.45, 2.75) is 45.1 Å². The third kappa shape index (κ3) is 7.64. The molecule has 1 atom stereocenters. The summed E-state index contributed by atoms with van der Waals surface area (Å²) in [5.74, 6) is -1.69. The van der Waals surface area contributed by atoms with Gasteiger partial charge in [-0.05, 0) is 6.42 Å². The van der Waals surface area contributed by atoms with E-state index < -0.39 is 27.6 Å². The molecule has 0 aromatic carbocycles. The van der Waals surface area contributed by atoms with Crippen molar-refractivity contribution in [1.82, 2.24) is 0 Å². The molecular weight excluding hydrogens is 230 g/mol. The maximum absolute atomic E-state index is 11.4. The molecule has 0 aromatic rings. The summed E-state index contributed by atoms with van der Waals surface area (Å²) in [6.45, 7) is 2.09. The van der Waals surface area contributed by atoms with Crippen molar-refractivity contribution >= 4 is 15.8 Å². The molecule has 0 saturated carbocycles. The highest BCUT2D eigenvalue weighted by Crippen LogP contribution is 2.05. The zero-order valence-corrected chi connectivity index (χ0v) is 10.5. The molecule has 6 heteroatoms. The molecular formula is C10H21NO4S. The first kappa shape index (κ1) is 15.4. The summed E-state index contributed by atoms with van der Waals surface area (Å²) in [4.78, 5) is 10.4. The van der Waals surface area contributed by atoms with Crippen LogP contribution in [0.4, 0.5) is 0 Å². The first-order valence-electron chi connectivity index (χ1n) is 5.58. The second-order valence-electron chi connectivity index (χ2n) is 3.97. The Kier molecular flexibility index (Phi) is 7.33. The molecule has 0 unspecified atom stereocenters. The highest BCUT2D eigenvalue weighted by molar-refractivity contribution is 7.91. The quantitative estimate of drug-likeness (QED) is 0.590. The van der Waals surface area contributed by atoms with E-state index in [4.69, 9.17) is 10.8 Å². The van der Waals surface area contributed by atoms with Crippen LogP contribution in [0.1, 0.15) is 39.0 Å². The summed E-state index contributed by atoms with van der Waals surface area (Å²) >= 11 is 0. The fourth-order valence-electron chi connectivity index (χ4n) is 1.35. The van der Waals surface area contributed by atoms with Crippen molar-refractivity contribution in [3.8, 4) is 0 Å². The summed E-state index contributed by atoms with van der Waals surface area (Å²) in [7, 11) is -3.32. The minimum atomic E-state index is -3.32.